The van der Waals surface area contributed by atoms with Crippen molar-refractivity contribution in [1.82, 2.24) is 9.88 Å². The summed E-state index contributed by atoms with van der Waals surface area (Å²) in [6.45, 7) is 4.66. The molecule has 0 saturated carbocycles. The first kappa shape index (κ1) is 25.3. The number of rotatable bonds is 10. The van der Waals surface area contributed by atoms with Gasteiger partial charge in [-0.25, -0.2) is 4.39 Å². The van der Waals surface area contributed by atoms with Crippen molar-refractivity contribution in [3.05, 3.63) is 95.4 Å². The van der Waals surface area contributed by atoms with Crippen LogP contribution in [0.5, 0.6) is 11.5 Å². The molecule has 0 fully saturated rings. The van der Waals surface area contributed by atoms with Gasteiger partial charge in [-0.15, -0.1) is 0 Å². The summed E-state index contributed by atoms with van der Waals surface area (Å²) in [6.07, 6.45) is 3.26. The highest BCUT2D eigenvalue weighted by Crippen LogP contribution is 2.38. The molecule has 1 heterocycles. The van der Waals surface area contributed by atoms with E-state index in [0.29, 0.717) is 18.0 Å². The quantitative estimate of drug-likeness (QED) is 0.286. The van der Waals surface area contributed by atoms with Crippen LogP contribution < -0.4 is 14.8 Å². The standard InChI is InChI=1S/C30H33FN2O3/c1-5-20(2)32-30(34)17-27(22-14-24(35-3)16-25(15-22)36-4)28-19-33(29-9-7-6-8-26(28)29)18-21-10-12-23(31)13-11-21/h6-16,19-20,27H,5,17-18H2,1-4H3,(H,32,34). The number of halogens is 1. The van der Waals surface area contributed by atoms with E-state index in [0.717, 1.165) is 34.0 Å². The Balaban J connectivity index is 1.82. The van der Waals surface area contributed by atoms with Crippen LogP contribution in [0, 0.1) is 5.82 Å². The molecular weight excluding hydrogens is 455 g/mol. The third kappa shape index (κ3) is 5.70. The van der Waals surface area contributed by atoms with E-state index in [2.05, 4.69) is 35.1 Å². The maximum Gasteiger partial charge on any atom is 0.221 e. The predicted octanol–water partition coefficient (Wildman–Crippen LogP) is 6.28. The monoisotopic (exact) mass is 488 g/mol. The number of fused-ring (bicyclic) bond motifs is 1. The van der Waals surface area contributed by atoms with Gasteiger partial charge < -0.3 is 19.4 Å². The maximum atomic E-state index is 13.5. The van der Waals surface area contributed by atoms with Gasteiger partial charge in [0, 0.05) is 48.1 Å². The van der Waals surface area contributed by atoms with E-state index in [4.69, 9.17) is 9.47 Å². The number of aromatic nitrogens is 1. The minimum atomic E-state index is -0.254. The molecule has 2 unspecified atom stereocenters. The molecule has 0 aliphatic carbocycles. The zero-order valence-corrected chi connectivity index (χ0v) is 21.3. The number of hydrogen-bond donors (Lipinski definition) is 1. The summed E-state index contributed by atoms with van der Waals surface area (Å²) in [7, 11) is 3.25. The number of carbonyl (C=O) groups is 1. The number of nitrogens with one attached hydrogen (secondary N) is 1. The molecular formula is C30H33FN2O3. The molecule has 2 atom stereocenters. The van der Waals surface area contributed by atoms with Crippen LogP contribution in [0.1, 0.15) is 49.3 Å². The molecule has 1 amide bonds. The van der Waals surface area contributed by atoms with Crippen LogP contribution in [-0.2, 0) is 11.3 Å². The fraction of sp³-hybridized carbons (Fsp3) is 0.300. The molecule has 0 bridgehead atoms. The molecule has 1 aromatic heterocycles. The van der Waals surface area contributed by atoms with E-state index >= 15 is 0 Å². The summed E-state index contributed by atoms with van der Waals surface area (Å²) in [4.78, 5) is 13.1. The number of hydrogen-bond acceptors (Lipinski definition) is 3. The minimum absolute atomic E-state index is 0.00787. The Morgan fingerprint density at radius 1 is 1.00 bits per heavy atom. The van der Waals surface area contributed by atoms with Crippen LogP contribution in [0.15, 0.2) is 72.9 Å². The lowest BCUT2D eigenvalue weighted by Gasteiger charge is -2.20. The van der Waals surface area contributed by atoms with Gasteiger partial charge in [-0.2, -0.15) is 0 Å². The first-order valence-corrected chi connectivity index (χ1v) is 12.3. The Labute approximate surface area is 211 Å². The van der Waals surface area contributed by atoms with Crippen molar-refractivity contribution in [2.45, 2.75) is 45.2 Å². The number of amides is 1. The SMILES string of the molecule is CCC(C)NC(=O)CC(c1cc(OC)cc(OC)c1)c1cn(Cc2ccc(F)cc2)c2ccccc12. The Bertz CT molecular complexity index is 1310. The zero-order chi connectivity index (χ0) is 25.7. The molecule has 0 spiro atoms. The minimum Gasteiger partial charge on any atom is -0.497 e. The highest BCUT2D eigenvalue weighted by Gasteiger charge is 2.24. The Morgan fingerprint density at radius 3 is 2.31 bits per heavy atom. The molecule has 4 rings (SSSR count). The van der Waals surface area contributed by atoms with Gasteiger partial charge in [-0.3, -0.25) is 4.79 Å². The van der Waals surface area contributed by atoms with Crippen LogP contribution in [0.2, 0.25) is 0 Å². The molecule has 4 aromatic rings. The number of ether oxygens (including phenoxy) is 2. The summed E-state index contributed by atoms with van der Waals surface area (Å²) in [5.41, 5.74) is 4.04. The van der Waals surface area contributed by atoms with Crippen molar-refractivity contribution < 1.29 is 18.7 Å². The van der Waals surface area contributed by atoms with Crippen molar-refractivity contribution in [3.8, 4) is 11.5 Å². The Hall–Kier alpha value is -3.80. The van der Waals surface area contributed by atoms with Crippen molar-refractivity contribution in [3.63, 3.8) is 0 Å². The molecule has 0 saturated heterocycles. The lowest BCUT2D eigenvalue weighted by atomic mass is 9.87. The third-order valence-corrected chi connectivity index (χ3v) is 6.65. The van der Waals surface area contributed by atoms with Crippen molar-refractivity contribution in [2.75, 3.05) is 14.2 Å². The number of benzene rings is 3. The lowest BCUT2D eigenvalue weighted by molar-refractivity contribution is -0.121. The van der Waals surface area contributed by atoms with E-state index in [-0.39, 0.29) is 30.1 Å². The number of nitrogens with zero attached hydrogens (tertiary/aromatic N) is 1. The van der Waals surface area contributed by atoms with Gasteiger partial charge >= 0.3 is 0 Å². The van der Waals surface area contributed by atoms with E-state index in [1.807, 2.05) is 37.3 Å². The molecule has 188 valence electrons. The summed E-state index contributed by atoms with van der Waals surface area (Å²) in [6, 6.07) is 20.6. The van der Waals surface area contributed by atoms with Gasteiger partial charge in [0.15, 0.2) is 0 Å². The fourth-order valence-electron chi connectivity index (χ4n) is 4.53. The molecule has 3 aromatic carbocycles. The molecule has 6 heteroatoms. The third-order valence-electron chi connectivity index (χ3n) is 6.65. The van der Waals surface area contributed by atoms with Gasteiger partial charge in [0.2, 0.25) is 5.91 Å². The van der Waals surface area contributed by atoms with E-state index in [1.54, 1.807) is 26.4 Å². The zero-order valence-electron chi connectivity index (χ0n) is 21.3. The molecule has 36 heavy (non-hydrogen) atoms. The molecule has 0 aliphatic heterocycles. The van der Waals surface area contributed by atoms with Gasteiger partial charge in [0.25, 0.3) is 0 Å². The number of carbonyl (C=O) groups excluding carboxylic acids is 1. The highest BCUT2D eigenvalue weighted by molar-refractivity contribution is 5.87. The second-order valence-electron chi connectivity index (χ2n) is 9.14. The van der Waals surface area contributed by atoms with E-state index < -0.39 is 0 Å². The highest BCUT2D eigenvalue weighted by atomic mass is 19.1. The van der Waals surface area contributed by atoms with Gasteiger partial charge in [0.05, 0.1) is 14.2 Å². The summed E-state index contributed by atoms with van der Waals surface area (Å²) in [5, 5.41) is 4.18. The average Bonchev–Trinajstić information content (AvgIpc) is 3.26. The Morgan fingerprint density at radius 2 is 1.67 bits per heavy atom. The largest absolute Gasteiger partial charge is 0.497 e. The second-order valence-corrected chi connectivity index (χ2v) is 9.14. The lowest BCUT2D eigenvalue weighted by Crippen LogP contribution is -2.33. The van der Waals surface area contributed by atoms with E-state index in [9.17, 15) is 9.18 Å². The normalized spacial score (nSPS) is 12.8. The number of methoxy groups -OCH3 is 2. The topological polar surface area (TPSA) is 52.5 Å². The smallest absolute Gasteiger partial charge is 0.221 e. The van der Waals surface area contributed by atoms with Crippen LogP contribution in [-0.4, -0.2) is 30.7 Å². The van der Waals surface area contributed by atoms with Crippen LogP contribution >= 0.6 is 0 Å². The van der Waals surface area contributed by atoms with Crippen LogP contribution in [0.3, 0.4) is 0 Å². The number of para-hydroxylation sites is 1. The summed E-state index contributed by atoms with van der Waals surface area (Å²) >= 11 is 0. The van der Waals surface area contributed by atoms with Crippen molar-refractivity contribution >= 4 is 16.8 Å². The van der Waals surface area contributed by atoms with Crippen LogP contribution in [0.4, 0.5) is 4.39 Å². The van der Waals surface area contributed by atoms with Crippen LogP contribution in [0.25, 0.3) is 10.9 Å². The van der Waals surface area contributed by atoms with Crippen molar-refractivity contribution in [1.29, 1.82) is 0 Å². The molecule has 0 aliphatic rings. The summed E-state index contributed by atoms with van der Waals surface area (Å²) in [5.74, 6) is 0.860. The first-order chi connectivity index (χ1) is 17.4. The second kappa shape index (κ2) is 11.3. The summed E-state index contributed by atoms with van der Waals surface area (Å²) < 4.78 is 26.7. The Kier molecular flexibility index (Phi) is 7.93. The first-order valence-electron chi connectivity index (χ1n) is 12.3. The fourth-order valence-corrected chi connectivity index (χ4v) is 4.53. The maximum absolute atomic E-state index is 13.5. The van der Waals surface area contributed by atoms with Gasteiger partial charge in [-0.1, -0.05) is 37.3 Å². The van der Waals surface area contributed by atoms with Gasteiger partial charge in [0.1, 0.15) is 17.3 Å². The molecule has 1 N–H and O–H groups in total. The molecule has 0 radical (unpaired) electrons. The van der Waals surface area contributed by atoms with E-state index in [1.165, 1.54) is 12.1 Å². The van der Waals surface area contributed by atoms with Gasteiger partial charge in [-0.05, 0) is 60.4 Å². The molecule has 5 nitrogen and oxygen atoms in total. The average molecular weight is 489 g/mol. The van der Waals surface area contributed by atoms with Crippen molar-refractivity contribution in [2.24, 2.45) is 0 Å². The predicted molar refractivity (Wildman–Crippen MR) is 141 cm³/mol.